The van der Waals surface area contributed by atoms with Crippen LogP contribution in [-0.4, -0.2) is 17.4 Å². The fourth-order valence-corrected chi connectivity index (χ4v) is 1.84. The Morgan fingerprint density at radius 1 is 1.37 bits per heavy atom. The molecule has 1 heterocycles. The van der Waals surface area contributed by atoms with Crippen molar-refractivity contribution >= 4 is 22.9 Å². The minimum atomic E-state index is -0.0226. The maximum Gasteiger partial charge on any atom is 0.216 e. The minimum absolute atomic E-state index is 0.0160. The molecular formula is C15H16N2O2. The number of rotatable bonds is 4. The van der Waals surface area contributed by atoms with Gasteiger partial charge in [-0.3, -0.25) is 9.59 Å². The molecule has 0 saturated heterocycles. The normalized spacial score (nSPS) is 11.0. The molecule has 0 atom stereocenters. The van der Waals surface area contributed by atoms with Crippen molar-refractivity contribution in [1.82, 2.24) is 10.3 Å². The van der Waals surface area contributed by atoms with Crippen LogP contribution in [0, 0.1) is 0 Å². The number of pyridine rings is 1. The molecule has 2 aromatic rings. The number of amides is 1. The molecule has 2 N–H and O–H groups in total. The summed E-state index contributed by atoms with van der Waals surface area (Å²) in [4.78, 5) is 25.4. The highest BCUT2D eigenvalue weighted by Crippen LogP contribution is 2.11. The summed E-state index contributed by atoms with van der Waals surface area (Å²) in [6.45, 7) is 2.12. The zero-order valence-corrected chi connectivity index (χ0v) is 10.8. The van der Waals surface area contributed by atoms with E-state index < -0.39 is 0 Å². The average Bonchev–Trinajstić information content (AvgIpc) is 2.39. The number of hydrogen-bond acceptors (Lipinski definition) is 2. The lowest BCUT2D eigenvalue weighted by molar-refractivity contribution is -0.118. The van der Waals surface area contributed by atoms with Crippen LogP contribution in [0.3, 0.4) is 0 Å². The van der Waals surface area contributed by atoms with Gasteiger partial charge in [-0.25, -0.2) is 0 Å². The molecular weight excluding hydrogens is 240 g/mol. The van der Waals surface area contributed by atoms with Crippen molar-refractivity contribution in [1.29, 1.82) is 0 Å². The Hall–Kier alpha value is -2.36. The van der Waals surface area contributed by atoms with Gasteiger partial charge in [-0.05, 0) is 24.1 Å². The van der Waals surface area contributed by atoms with Crippen LogP contribution in [0.5, 0.6) is 0 Å². The van der Waals surface area contributed by atoms with E-state index in [0.29, 0.717) is 11.9 Å². The lowest BCUT2D eigenvalue weighted by atomic mass is 10.1. The predicted molar refractivity (Wildman–Crippen MR) is 76.9 cm³/mol. The van der Waals surface area contributed by atoms with E-state index in [2.05, 4.69) is 10.3 Å². The summed E-state index contributed by atoms with van der Waals surface area (Å²) in [5.41, 5.74) is 1.83. The monoisotopic (exact) mass is 256 g/mol. The Balaban J connectivity index is 2.09. The summed E-state index contributed by atoms with van der Waals surface area (Å²) in [5.74, 6) is -0.0226. The van der Waals surface area contributed by atoms with Crippen LogP contribution in [0.25, 0.3) is 17.0 Å². The Morgan fingerprint density at radius 2 is 2.21 bits per heavy atom. The largest absolute Gasteiger partial charge is 0.361 e. The van der Waals surface area contributed by atoms with Crippen molar-refractivity contribution in [3.63, 3.8) is 0 Å². The van der Waals surface area contributed by atoms with Gasteiger partial charge in [0.15, 0.2) is 5.43 Å². The zero-order valence-electron chi connectivity index (χ0n) is 10.8. The molecule has 4 nitrogen and oxygen atoms in total. The van der Waals surface area contributed by atoms with Crippen LogP contribution in [0.1, 0.15) is 18.9 Å². The molecule has 0 fully saturated rings. The molecule has 2 rings (SSSR count). The second-order valence-electron chi connectivity index (χ2n) is 4.32. The van der Waals surface area contributed by atoms with E-state index in [4.69, 9.17) is 0 Å². The van der Waals surface area contributed by atoms with Crippen LogP contribution in [-0.2, 0) is 4.79 Å². The smallest absolute Gasteiger partial charge is 0.216 e. The third kappa shape index (κ3) is 3.55. The van der Waals surface area contributed by atoms with Crippen molar-refractivity contribution in [2.75, 3.05) is 6.54 Å². The highest BCUT2D eigenvalue weighted by molar-refractivity contribution is 5.80. The van der Waals surface area contributed by atoms with Gasteiger partial charge < -0.3 is 10.3 Å². The highest BCUT2D eigenvalue weighted by Gasteiger charge is 1.97. The molecule has 19 heavy (non-hydrogen) atoms. The Labute approximate surface area is 111 Å². The van der Waals surface area contributed by atoms with Gasteiger partial charge in [-0.15, -0.1) is 0 Å². The number of aromatic nitrogens is 1. The molecule has 4 heteroatoms. The first-order valence-corrected chi connectivity index (χ1v) is 6.19. The molecule has 0 spiro atoms. The number of fused-ring (bicyclic) bond motifs is 1. The van der Waals surface area contributed by atoms with Gasteiger partial charge in [0.1, 0.15) is 0 Å². The van der Waals surface area contributed by atoms with Crippen molar-refractivity contribution in [2.45, 2.75) is 13.3 Å². The minimum Gasteiger partial charge on any atom is -0.361 e. The molecule has 1 aromatic carbocycles. The summed E-state index contributed by atoms with van der Waals surface area (Å²) in [5, 5.41) is 3.41. The second-order valence-corrected chi connectivity index (χ2v) is 4.32. The standard InChI is InChI=1S/C15H16N2O2/c1-11(18)16-8-3-2-4-12-5-6-14-13(10-12)15(19)7-9-17-14/h2,4-7,9-10H,3,8H2,1H3,(H,16,18)(H,17,19). The predicted octanol–water partition coefficient (Wildman–Crippen LogP) is 2.07. The number of carbonyl (C=O) groups excluding carboxylic acids is 1. The third-order valence-corrected chi connectivity index (χ3v) is 2.78. The fourth-order valence-electron chi connectivity index (χ4n) is 1.84. The van der Waals surface area contributed by atoms with Crippen molar-refractivity contribution < 1.29 is 4.79 Å². The molecule has 0 aliphatic heterocycles. The lowest BCUT2D eigenvalue weighted by Gasteiger charge is -1.99. The van der Waals surface area contributed by atoms with E-state index in [-0.39, 0.29) is 11.3 Å². The van der Waals surface area contributed by atoms with Crippen LogP contribution in [0.15, 0.2) is 41.3 Å². The van der Waals surface area contributed by atoms with Crippen LogP contribution in [0.4, 0.5) is 0 Å². The van der Waals surface area contributed by atoms with Crippen molar-refractivity contribution in [2.24, 2.45) is 0 Å². The average molecular weight is 256 g/mol. The first-order chi connectivity index (χ1) is 9.16. The Kier molecular flexibility index (Phi) is 4.13. The van der Waals surface area contributed by atoms with Crippen LogP contribution in [0.2, 0.25) is 0 Å². The van der Waals surface area contributed by atoms with E-state index in [1.54, 1.807) is 6.20 Å². The van der Waals surface area contributed by atoms with Gasteiger partial charge in [0.2, 0.25) is 5.91 Å². The third-order valence-electron chi connectivity index (χ3n) is 2.78. The maximum atomic E-state index is 11.7. The van der Waals surface area contributed by atoms with E-state index >= 15 is 0 Å². The van der Waals surface area contributed by atoms with E-state index in [1.807, 2.05) is 30.4 Å². The van der Waals surface area contributed by atoms with E-state index in [0.717, 1.165) is 17.5 Å². The number of nitrogens with one attached hydrogen (secondary N) is 2. The molecule has 0 radical (unpaired) electrons. The van der Waals surface area contributed by atoms with Gasteiger partial charge in [-0.2, -0.15) is 0 Å². The first-order valence-electron chi connectivity index (χ1n) is 6.19. The number of benzene rings is 1. The van der Waals surface area contributed by atoms with Gasteiger partial charge in [0.05, 0.1) is 0 Å². The van der Waals surface area contributed by atoms with Gasteiger partial charge in [0, 0.05) is 36.6 Å². The van der Waals surface area contributed by atoms with Gasteiger partial charge in [-0.1, -0.05) is 18.2 Å². The Morgan fingerprint density at radius 3 is 3.00 bits per heavy atom. The summed E-state index contributed by atoms with van der Waals surface area (Å²) in [6.07, 6.45) is 6.35. The van der Waals surface area contributed by atoms with E-state index in [9.17, 15) is 9.59 Å². The molecule has 0 aliphatic rings. The topological polar surface area (TPSA) is 62.0 Å². The molecule has 98 valence electrons. The number of H-pyrrole nitrogens is 1. The van der Waals surface area contributed by atoms with Crippen molar-refractivity contribution in [3.05, 3.63) is 52.3 Å². The molecule has 0 unspecified atom stereocenters. The Bertz CT molecular complexity index is 671. The molecule has 0 saturated carbocycles. The summed E-state index contributed by atoms with van der Waals surface area (Å²) in [6, 6.07) is 7.23. The fraction of sp³-hybridized carbons (Fsp3) is 0.200. The summed E-state index contributed by atoms with van der Waals surface area (Å²) < 4.78 is 0. The SMILES string of the molecule is CC(=O)NCCC=Cc1ccc2[nH]ccc(=O)c2c1. The molecule has 0 aliphatic carbocycles. The number of carbonyl (C=O) groups is 1. The zero-order chi connectivity index (χ0) is 13.7. The van der Waals surface area contributed by atoms with E-state index in [1.165, 1.54) is 13.0 Å². The quantitative estimate of drug-likeness (QED) is 0.823. The highest BCUT2D eigenvalue weighted by atomic mass is 16.1. The van der Waals surface area contributed by atoms with Gasteiger partial charge >= 0.3 is 0 Å². The number of aromatic amines is 1. The van der Waals surface area contributed by atoms with Crippen LogP contribution < -0.4 is 10.7 Å². The van der Waals surface area contributed by atoms with Gasteiger partial charge in [0.25, 0.3) is 0 Å². The second kappa shape index (κ2) is 6.00. The summed E-state index contributed by atoms with van der Waals surface area (Å²) in [7, 11) is 0. The lowest BCUT2D eigenvalue weighted by Crippen LogP contribution is -2.20. The molecule has 1 aromatic heterocycles. The van der Waals surface area contributed by atoms with Crippen LogP contribution >= 0.6 is 0 Å². The first kappa shape index (κ1) is 13.1. The summed E-state index contributed by atoms with van der Waals surface area (Å²) >= 11 is 0. The number of hydrogen-bond donors (Lipinski definition) is 2. The molecule has 1 amide bonds. The molecule has 0 bridgehead atoms. The maximum absolute atomic E-state index is 11.7. The van der Waals surface area contributed by atoms with Crippen molar-refractivity contribution in [3.8, 4) is 0 Å².